The lowest BCUT2D eigenvalue weighted by atomic mass is 9.81. The van der Waals surface area contributed by atoms with E-state index in [2.05, 4.69) is 37.8 Å². The van der Waals surface area contributed by atoms with Gasteiger partial charge in [-0.3, -0.25) is 0 Å². The Labute approximate surface area is 137 Å². The van der Waals surface area contributed by atoms with Crippen LogP contribution in [0.2, 0.25) is 5.02 Å². The lowest BCUT2D eigenvalue weighted by Crippen LogP contribution is -2.40. The van der Waals surface area contributed by atoms with Crippen molar-refractivity contribution in [2.24, 2.45) is 0 Å². The number of nitrogens with zero attached hydrogens (tertiary/aromatic N) is 1. The number of para-hydroxylation sites is 1. The van der Waals surface area contributed by atoms with Gasteiger partial charge >= 0.3 is 0 Å². The molecular weight excluding hydrogens is 294 g/mol. The summed E-state index contributed by atoms with van der Waals surface area (Å²) < 4.78 is 5.86. The number of benzene rings is 2. The second-order valence-corrected chi connectivity index (χ2v) is 6.85. The van der Waals surface area contributed by atoms with Crippen molar-refractivity contribution in [3.63, 3.8) is 0 Å². The van der Waals surface area contributed by atoms with Gasteiger partial charge in [0.2, 0.25) is 0 Å². The smallest absolute Gasteiger partial charge is 0.119 e. The zero-order valence-corrected chi connectivity index (χ0v) is 14.1. The maximum absolute atomic E-state index is 6.20. The molecule has 0 fully saturated rings. The molecule has 0 saturated carbocycles. The first-order valence-corrected chi connectivity index (χ1v) is 8.12. The molecule has 116 valence electrons. The van der Waals surface area contributed by atoms with E-state index < -0.39 is 0 Å². The van der Waals surface area contributed by atoms with Gasteiger partial charge in [-0.15, -0.1) is 0 Å². The van der Waals surface area contributed by atoms with Gasteiger partial charge in [0.1, 0.15) is 12.4 Å². The van der Waals surface area contributed by atoms with E-state index in [-0.39, 0.29) is 5.41 Å². The van der Waals surface area contributed by atoms with E-state index in [9.17, 15) is 0 Å². The normalized spacial score (nSPS) is 19.1. The van der Waals surface area contributed by atoms with Gasteiger partial charge in [-0.05, 0) is 36.8 Å². The van der Waals surface area contributed by atoms with E-state index in [1.807, 2.05) is 36.4 Å². The van der Waals surface area contributed by atoms with Crippen LogP contribution in [0.15, 0.2) is 48.5 Å². The van der Waals surface area contributed by atoms with Crippen molar-refractivity contribution < 1.29 is 4.74 Å². The standard InChI is InChI=1S/C19H22ClNO/c1-14-19(2,3)17-10-9-15(20)13-18(17)21(14)11-12-22-16-7-5-4-6-8-16/h4-10,13-14H,11-12H2,1-3H3. The zero-order chi connectivity index (χ0) is 15.7. The van der Waals surface area contributed by atoms with Crippen LogP contribution in [0.4, 0.5) is 5.69 Å². The molecule has 2 nitrogen and oxygen atoms in total. The number of ether oxygens (including phenoxy) is 1. The number of rotatable bonds is 4. The highest BCUT2D eigenvalue weighted by molar-refractivity contribution is 6.30. The Morgan fingerprint density at radius 1 is 1.14 bits per heavy atom. The predicted octanol–water partition coefficient (Wildman–Crippen LogP) is 4.91. The first-order valence-electron chi connectivity index (χ1n) is 7.74. The third-order valence-corrected chi connectivity index (χ3v) is 5.05. The number of anilines is 1. The second-order valence-electron chi connectivity index (χ2n) is 6.41. The van der Waals surface area contributed by atoms with Gasteiger partial charge in [-0.2, -0.15) is 0 Å². The molecule has 0 saturated heterocycles. The third-order valence-electron chi connectivity index (χ3n) is 4.82. The highest BCUT2D eigenvalue weighted by Gasteiger charge is 2.41. The topological polar surface area (TPSA) is 12.5 Å². The highest BCUT2D eigenvalue weighted by Crippen LogP contribution is 2.45. The van der Waals surface area contributed by atoms with Crippen LogP contribution in [0, 0.1) is 0 Å². The third kappa shape index (κ3) is 2.68. The molecule has 2 aromatic carbocycles. The molecule has 1 aliphatic heterocycles. The van der Waals surface area contributed by atoms with Crippen LogP contribution in [-0.4, -0.2) is 19.2 Å². The molecular formula is C19H22ClNO. The molecule has 1 heterocycles. The Bertz CT molecular complexity index is 654. The monoisotopic (exact) mass is 315 g/mol. The summed E-state index contributed by atoms with van der Waals surface area (Å²) in [5.74, 6) is 0.917. The lowest BCUT2D eigenvalue weighted by molar-refractivity contribution is 0.314. The number of fused-ring (bicyclic) bond motifs is 1. The zero-order valence-electron chi connectivity index (χ0n) is 13.3. The van der Waals surface area contributed by atoms with Crippen LogP contribution in [0.5, 0.6) is 5.75 Å². The van der Waals surface area contributed by atoms with Crippen molar-refractivity contribution in [2.45, 2.75) is 32.2 Å². The summed E-state index contributed by atoms with van der Waals surface area (Å²) >= 11 is 6.20. The molecule has 3 heteroatoms. The summed E-state index contributed by atoms with van der Waals surface area (Å²) in [6.45, 7) is 8.38. The highest BCUT2D eigenvalue weighted by atomic mass is 35.5. The van der Waals surface area contributed by atoms with E-state index >= 15 is 0 Å². The molecule has 1 atom stereocenters. The Morgan fingerprint density at radius 3 is 2.59 bits per heavy atom. The fourth-order valence-corrected chi connectivity index (χ4v) is 3.37. The Morgan fingerprint density at radius 2 is 1.86 bits per heavy atom. The molecule has 0 aromatic heterocycles. The summed E-state index contributed by atoms with van der Waals surface area (Å²) in [4.78, 5) is 2.41. The van der Waals surface area contributed by atoms with Gasteiger partial charge in [0, 0.05) is 22.2 Å². The molecule has 0 spiro atoms. The van der Waals surface area contributed by atoms with Gasteiger partial charge in [-0.25, -0.2) is 0 Å². The van der Waals surface area contributed by atoms with E-state index in [0.717, 1.165) is 17.3 Å². The SMILES string of the molecule is CC1N(CCOc2ccccc2)c2cc(Cl)ccc2C1(C)C. The van der Waals surface area contributed by atoms with Crippen molar-refractivity contribution in [2.75, 3.05) is 18.1 Å². The average Bonchev–Trinajstić information content (AvgIpc) is 2.69. The summed E-state index contributed by atoms with van der Waals surface area (Å²) in [5.41, 5.74) is 2.72. The molecule has 1 unspecified atom stereocenters. The number of hydrogen-bond donors (Lipinski definition) is 0. The van der Waals surface area contributed by atoms with Crippen LogP contribution in [0.25, 0.3) is 0 Å². The molecule has 0 bridgehead atoms. The Balaban J connectivity index is 1.75. The lowest BCUT2D eigenvalue weighted by Gasteiger charge is -2.31. The summed E-state index contributed by atoms with van der Waals surface area (Å²) in [6, 6.07) is 16.6. The largest absolute Gasteiger partial charge is 0.492 e. The molecule has 3 rings (SSSR count). The van der Waals surface area contributed by atoms with Crippen molar-refractivity contribution in [1.82, 2.24) is 0 Å². The van der Waals surface area contributed by atoms with Crippen LogP contribution in [0.1, 0.15) is 26.3 Å². The van der Waals surface area contributed by atoms with E-state index in [1.54, 1.807) is 0 Å². The second kappa shape index (κ2) is 5.85. The van der Waals surface area contributed by atoms with Crippen LogP contribution >= 0.6 is 11.6 Å². The van der Waals surface area contributed by atoms with Crippen LogP contribution in [-0.2, 0) is 5.41 Å². The minimum atomic E-state index is 0.118. The van der Waals surface area contributed by atoms with Gasteiger partial charge in [-0.1, -0.05) is 49.7 Å². The van der Waals surface area contributed by atoms with Crippen LogP contribution < -0.4 is 9.64 Å². The van der Waals surface area contributed by atoms with Crippen molar-refractivity contribution in [3.8, 4) is 5.75 Å². The minimum absolute atomic E-state index is 0.118. The van der Waals surface area contributed by atoms with E-state index in [4.69, 9.17) is 16.3 Å². The summed E-state index contributed by atoms with van der Waals surface area (Å²) in [6.07, 6.45) is 0. The van der Waals surface area contributed by atoms with Gasteiger partial charge < -0.3 is 9.64 Å². The predicted molar refractivity (Wildman–Crippen MR) is 93.2 cm³/mol. The molecule has 0 radical (unpaired) electrons. The Hall–Kier alpha value is -1.67. The van der Waals surface area contributed by atoms with Crippen molar-refractivity contribution >= 4 is 17.3 Å². The Kier molecular flexibility index (Phi) is 4.05. The fourth-order valence-electron chi connectivity index (χ4n) is 3.20. The molecule has 22 heavy (non-hydrogen) atoms. The molecule has 1 aliphatic rings. The molecule has 2 aromatic rings. The minimum Gasteiger partial charge on any atom is -0.492 e. The molecule has 0 amide bonds. The quantitative estimate of drug-likeness (QED) is 0.795. The average molecular weight is 316 g/mol. The first kappa shape index (κ1) is 15.2. The van der Waals surface area contributed by atoms with Gasteiger partial charge in [0.15, 0.2) is 0 Å². The molecule has 0 aliphatic carbocycles. The summed E-state index contributed by atoms with van der Waals surface area (Å²) in [5, 5.41) is 0.789. The van der Waals surface area contributed by atoms with Gasteiger partial charge in [0.05, 0.1) is 6.54 Å². The maximum atomic E-state index is 6.20. The summed E-state index contributed by atoms with van der Waals surface area (Å²) in [7, 11) is 0. The maximum Gasteiger partial charge on any atom is 0.119 e. The van der Waals surface area contributed by atoms with Crippen molar-refractivity contribution in [3.05, 3.63) is 59.1 Å². The van der Waals surface area contributed by atoms with Crippen molar-refractivity contribution in [1.29, 1.82) is 0 Å². The number of halogens is 1. The fraction of sp³-hybridized carbons (Fsp3) is 0.368. The van der Waals surface area contributed by atoms with E-state index in [0.29, 0.717) is 12.6 Å². The number of hydrogen-bond acceptors (Lipinski definition) is 2. The van der Waals surface area contributed by atoms with Gasteiger partial charge in [0.25, 0.3) is 0 Å². The van der Waals surface area contributed by atoms with E-state index in [1.165, 1.54) is 11.3 Å². The first-order chi connectivity index (χ1) is 10.5. The molecule has 0 N–H and O–H groups in total. The van der Waals surface area contributed by atoms with Crippen LogP contribution in [0.3, 0.4) is 0 Å².